The molecule has 3 aliphatic heterocycles. The van der Waals surface area contributed by atoms with Crippen molar-refractivity contribution in [1.82, 2.24) is 14.0 Å². The summed E-state index contributed by atoms with van der Waals surface area (Å²) in [5, 5.41) is 11.8. The number of rotatable bonds is 6. The largest absolute Gasteiger partial charge is 0.502 e. The van der Waals surface area contributed by atoms with Gasteiger partial charge < -0.3 is 24.4 Å². The van der Waals surface area contributed by atoms with Crippen molar-refractivity contribution >= 4 is 16.8 Å². The zero-order valence-electron chi connectivity index (χ0n) is 23.1. The number of para-hydroxylation sites is 1. The van der Waals surface area contributed by atoms with Crippen LogP contribution >= 0.6 is 0 Å². The van der Waals surface area contributed by atoms with Gasteiger partial charge in [-0.15, -0.1) is 0 Å². The minimum absolute atomic E-state index is 0.0141. The number of hydrogen-bond donors (Lipinski definition) is 2. The van der Waals surface area contributed by atoms with Gasteiger partial charge in [-0.2, -0.15) is 0 Å². The average molecular weight is 569 g/mol. The second kappa shape index (κ2) is 10.1. The number of primary amides is 1. The summed E-state index contributed by atoms with van der Waals surface area (Å²) in [7, 11) is 0. The summed E-state index contributed by atoms with van der Waals surface area (Å²) in [5.74, 6) is -1.67. The highest BCUT2D eigenvalue weighted by molar-refractivity contribution is 5.84. The van der Waals surface area contributed by atoms with Gasteiger partial charge in [-0.05, 0) is 48.3 Å². The van der Waals surface area contributed by atoms with Crippen molar-refractivity contribution < 1.29 is 14.3 Å². The van der Waals surface area contributed by atoms with E-state index in [1.807, 2.05) is 28.8 Å². The molecule has 2 bridgehead atoms. The number of hydrogen-bond acceptors (Lipinski definition) is 7. The highest BCUT2D eigenvalue weighted by atomic mass is 16.4. The van der Waals surface area contributed by atoms with Crippen LogP contribution in [0.25, 0.3) is 10.9 Å². The minimum atomic E-state index is -1.03. The van der Waals surface area contributed by atoms with Crippen LogP contribution in [0.2, 0.25) is 0 Å². The first kappa shape index (κ1) is 26.5. The van der Waals surface area contributed by atoms with E-state index in [4.69, 9.17) is 10.2 Å². The predicted octanol–water partition coefficient (Wildman–Crippen LogP) is 2.39. The summed E-state index contributed by atoms with van der Waals surface area (Å²) < 4.78 is 9.77. The summed E-state index contributed by atoms with van der Waals surface area (Å²) >= 11 is 0. The number of nitrogens with two attached hydrogens (primary N) is 1. The first-order chi connectivity index (χ1) is 20.3. The second-order valence-corrected chi connectivity index (χ2v) is 11.9. The van der Waals surface area contributed by atoms with Gasteiger partial charge in [-0.1, -0.05) is 24.3 Å². The fourth-order valence-electron chi connectivity index (χ4n) is 7.40. The lowest BCUT2D eigenvalue weighted by Gasteiger charge is -2.42. The number of amides is 1. The van der Waals surface area contributed by atoms with Crippen LogP contribution in [0.1, 0.15) is 59.4 Å². The van der Waals surface area contributed by atoms with E-state index in [-0.39, 0.29) is 40.7 Å². The Labute approximate surface area is 240 Å². The Morgan fingerprint density at radius 2 is 1.88 bits per heavy atom. The Kier molecular flexibility index (Phi) is 6.38. The van der Waals surface area contributed by atoms with Crippen molar-refractivity contribution in [2.75, 3.05) is 13.1 Å². The van der Waals surface area contributed by atoms with Gasteiger partial charge in [-0.25, -0.2) is 0 Å². The molecule has 4 aromatic rings. The highest BCUT2D eigenvalue weighted by Crippen LogP contribution is 2.37. The van der Waals surface area contributed by atoms with Crippen LogP contribution < -0.4 is 22.3 Å². The molecule has 10 nitrogen and oxygen atoms in total. The number of aryl methyl sites for hydroxylation is 2. The maximum absolute atomic E-state index is 13.8. The Morgan fingerprint density at radius 1 is 1.05 bits per heavy atom. The molecule has 0 spiro atoms. The molecule has 0 radical (unpaired) electrons. The van der Waals surface area contributed by atoms with E-state index in [9.17, 15) is 24.3 Å². The summed E-state index contributed by atoms with van der Waals surface area (Å²) in [5.41, 5.74) is 7.95. The zero-order valence-corrected chi connectivity index (χ0v) is 23.1. The van der Waals surface area contributed by atoms with Crippen LogP contribution in [0.3, 0.4) is 0 Å². The molecule has 10 heteroatoms. The highest BCUT2D eigenvalue weighted by Gasteiger charge is 2.35. The number of fused-ring (bicyclic) bond motifs is 4. The number of piperidine rings is 1. The van der Waals surface area contributed by atoms with Gasteiger partial charge >= 0.3 is 0 Å². The van der Waals surface area contributed by atoms with Crippen LogP contribution in [-0.4, -0.2) is 38.1 Å². The van der Waals surface area contributed by atoms with Crippen molar-refractivity contribution in [3.8, 4) is 5.75 Å². The Balaban J connectivity index is 1.27. The number of carbonyl (C=O) groups excluding carboxylic acids is 1. The van der Waals surface area contributed by atoms with E-state index in [1.165, 1.54) is 6.07 Å². The van der Waals surface area contributed by atoms with Crippen molar-refractivity contribution in [3.63, 3.8) is 0 Å². The molecule has 3 aromatic heterocycles. The van der Waals surface area contributed by atoms with Crippen LogP contribution in [0.5, 0.6) is 5.75 Å². The van der Waals surface area contributed by atoms with Crippen molar-refractivity contribution in [2.24, 2.45) is 11.7 Å². The molecule has 0 aliphatic carbocycles. The van der Waals surface area contributed by atoms with E-state index in [2.05, 4.69) is 4.90 Å². The molecule has 0 unspecified atom stereocenters. The van der Waals surface area contributed by atoms with Gasteiger partial charge in [0.25, 0.3) is 11.1 Å². The first-order valence-electron chi connectivity index (χ1n) is 14.5. The number of nitrogens with zero attached hydrogens (tertiary/aromatic N) is 3. The summed E-state index contributed by atoms with van der Waals surface area (Å²) in [6.07, 6.45) is 2.36. The Bertz CT molecular complexity index is 1920. The number of aromatic nitrogens is 2. The third-order valence-electron chi connectivity index (χ3n) is 9.08. The summed E-state index contributed by atoms with van der Waals surface area (Å²) in [6.45, 7) is 2.89. The van der Waals surface area contributed by atoms with Gasteiger partial charge in [0.2, 0.25) is 17.1 Å². The number of likely N-dealkylation sites (tertiary alicyclic amines) is 1. The number of aromatic hydroxyl groups is 1. The summed E-state index contributed by atoms with van der Waals surface area (Å²) in [4.78, 5) is 53.7. The molecule has 216 valence electrons. The number of benzene rings is 1. The molecule has 6 heterocycles. The first-order valence-corrected chi connectivity index (χ1v) is 14.5. The standard InChI is InChI=1S/C32H32N4O6/c33-27(38)13-23(24-11-20-5-1-4-19-6-3-9-35(29(19)20)32(24)41)31-30(40)26(37)12-22(42-31)17-34-14-18-10-21(16-34)25-7-2-8-28(39)36(25)15-18/h1-2,4-5,7-8,11-12,18,21,23,40H,3,6,9-10,13-17H2,(H2,33,38)/t18-,21+,23+/m1/s1. The average Bonchev–Trinajstić information content (AvgIpc) is 2.96. The van der Waals surface area contributed by atoms with E-state index >= 15 is 0 Å². The lowest BCUT2D eigenvalue weighted by Crippen LogP contribution is -2.46. The Hall–Kier alpha value is -4.44. The smallest absolute Gasteiger partial charge is 0.255 e. The van der Waals surface area contributed by atoms with E-state index in [0.29, 0.717) is 31.9 Å². The van der Waals surface area contributed by atoms with Gasteiger partial charge in [-0.3, -0.25) is 24.1 Å². The number of pyridine rings is 2. The molecule has 0 saturated carbocycles. The molecule has 3 N–H and O–H groups in total. The molecule has 1 fully saturated rings. The van der Waals surface area contributed by atoms with Crippen LogP contribution in [0, 0.1) is 5.92 Å². The SMILES string of the molecule is NC(=O)C[C@H](c1oc(CN2C[C@H]3C[C@@H](C2)c2cccc(=O)n2C3)cc(=O)c1O)c1cc2cccc3c2n(c1=O)CCC3. The van der Waals surface area contributed by atoms with E-state index in [1.54, 1.807) is 22.8 Å². The van der Waals surface area contributed by atoms with Crippen molar-refractivity contribution in [2.45, 2.75) is 57.2 Å². The van der Waals surface area contributed by atoms with Crippen LogP contribution in [0.15, 0.2) is 67.3 Å². The normalized spacial score (nSPS) is 20.3. The van der Waals surface area contributed by atoms with Gasteiger partial charge in [0.15, 0.2) is 5.76 Å². The third-order valence-corrected chi connectivity index (χ3v) is 9.08. The predicted molar refractivity (Wildman–Crippen MR) is 156 cm³/mol. The second-order valence-electron chi connectivity index (χ2n) is 11.9. The van der Waals surface area contributed by atoms with Crippen LogP contribution in [-0.2, 0) is 30.8 Å². The van der Waals surface area contributed by atoms with Crippen LogP contribution in [0.4, 0.5) is 0 Å². The monoisotopic (exact) mass is 568 g/mol. The quantitative estimate of drug-likeness (QED) is 0.364. The molecule has 1 aromatic carbocycles. The van der Waals surface area contributed by atoms with Gasteiger partial charge in [0, 0.05) is 61.9 Å². The lowest BCUT2D eigenvalue weighted by atomic mass is 9.83. The molecule has 7 rings (SSSR count). The third kappa shape index (κ3) is 4.46. The van der Waals surface area contributed by atoms with Gasteiger partial charge in [0.05, 0.1) is 18.0 Å². The zero-order chi connectivity index (χ0) is 29.1. The molecule has 1 saturated heterocycles. The molecule has 42 heavy (non-hydrogen) atoms. The number of carbonyl (C=O) groups is 1. The molecular weight excluding hydrogens is 536 g/mol. The molecule has 3 atom stereocenters. The maximum atomic E-state index is 13.8. The van der Waals surface area contributed by atoms with Crippen molar-refractivity contribution in [3.05, 3.63) is 108 Å². The minimum Gasteiger partial charge on any atom is -0.502 e. The maximum Gasteiger partial charge on any atom is 0.255 e. The topological polar surface area (TPSA) is 141 Å². The fraction of sp³-hybridized carbons (Fsp3) is 0.375. The molecule has 1 amide bonds. The van der Waals surface area contributed by atoms with E-state index < -0.39 is 23.0 Å². The van der Waals surface area contributed by atoms with E-state index in [0.717, 1.165) is 48.0 Å². The fourth-order valence-corrected chi connectivity index (χ4v) is 7.40. The molecule has 3 aliphatic rings. The Morgan fingerprint density at radius 3 is 2.71 bits per heavy atom. The van der Waals surface area contributed by atoms with Gasteiger partial charge in [0.1, 0.15) is 5.76 Å². The van der Waals surface area contributed by atoms with Crippen molar-refractivity contribution in [1.29, 1.82) is 0 Å². The summed E-state index contributed by atoms with van der Waals surface area (Å²) in [6, 6.07) is 14.2. The lowest BCUT2D eigenvalue weighted by molar-refractivity contribution is -0.118. The molecular formula is C32H32N4O6.